The number of carbonyl (C=O) groups excluding carboxylic acids is 1. The van der Waals surface area contributed by atoms with E-state index in [0.29, 0.717) is 17.2 Å². The van der Waals surface area contributed by atoms with Crippen molar-refractivity contribution in [3.63, 3.8) is 0 Å². The van der Waals surface area contributed by atoms with Gasteiger partial charge in [-0.15, -0.1) is 11.3 Å². The third-order valence-electron chi connectivity index (χ3n) is 3.31. The quantitative estimate of drug-likeness (QED) is 0.893. The van der Waals surface area contributed by atoms with Gasteiger partial charge in [-0.25, -0.2) is 14.6 Å². The molecule has 0 unspecified atom stereocenters. The first-order chi connectivity index (χ1) is 10.1. The summed E-state index contributed by atoms with van der Waals surface area (Å²) in [5.74, 6) is -1.02. The summed E-state index contributed by atoms with van der Waals surface area (Å²) in [4.78, 5) is 29.3. The monoisotopic (exact) mass is 303 g/mol. The maximum Gasteiger partial charge on any atom is 0.328 e. The number of aryl methyl sites for hydroxylation is 1. The number of carboxylic acid groups (broad SMARTS) is 1. The van der Waals surface area contributed by atoms with Gasteiger partial charge in [0.15, 0.2) is 5.13 Å². The Labute approximate surface area is 125 Å². The summed E-state index contributed by atoms with van der Waals surface area (Å²) in [6, 6.07) is 5.86. The van der Waals surface area contributed by atoms with Crippen LogP contribution in [0.1, 0.15) is 11.3 Å². The normalized spacial score (nSPS) is 16.6. The molecule has 1 atom stereocenters. The van der Waals surface area contributed by atoms with E-state index in [9.17, 15) is 14.7 Å². The number of anilines is 2. The highest BCUT2D eigenvalue weighted by Crippen LogP contribution is 2.32. The van der Waals surface area contributed by atoms with E-state index in [4.69, 9.17) is 0 Å². The minimum atomic E-state index is -1.02. The van der Waals surface area contributed by atoms with E-state index in [2.05, 4.69) is 10.3 Å². The number of amides is 2. The highest BCUT2D eigenvalue weighted by molar-refractivity contribution is 7.13. The van der Waals surface area contributed by atoms with Gasteiger partial charge < -0.3 is 5.11 Å². The molecule has 1 aliphatic heterocycles. The summed E-state index contributed by atoms with van der Waals surface area (Å²) >= 11 is 1.31. The lowest BCUT2D eigenvalue weighted by Crippen LogP contribution is -2.45. The lowest BCUT2D eigenvalue weighted by molar-refractivity contribution is -0.138. The second kappa shape index (κ2) is 5.17. The number of para-hydroxylation sites is 1. The number of hydrogen-bond donors (Lipinski definition) is 2. The molecule has 6 nitrogen and oxygen atoms in total. The summed E-state index contributed by atoms with van der Waals surface area (Å²) in [7, 11) is 0. The Morgan fingerprint density at radius 3 is 2.86 bits per heavy atom. The standard InChI is InChI=1S/C14H13N3O3S/c1-8-7-21-13(15-8)16-14(20)17-10-5-3-2-4-9(10)6-11(17)12(18)19/h2-5,7,11H,6H2,1H3,(H,18,19)(H,15,16,20)/t11-/m0/s1. The predicted octanol–water partition coefficient (Wildman–Crippen LogP) is 2.50. The molecule has 2 amide bonds. The van der Waals surface area contributed by atoms with Gasteiger partial charge in [-0.1, -0.05) is 18.2 Å². The van der Waals surface area contributed by atoms with E-state index >= 15 is 0 Å². The zero-order valence-electron chi connectivity index (χ0n) is 11.2. The van der Waals surface area contributed by atoms with Crippen molar-refractivity contribution in [3.8, 4) is 0 Å². The number of thiazole rings is 1. The lowest BCUT2D eigenvalue weighted by atomic mass is 10.1. The molecule has 1 aliphatic rings. The minimum Gasteiger partial charge on any atom is -0.480 e. The van der Waals surface area contributed by atoms with Crippen molar-refractivity contribution in [3.05, 3.63) is 40.9 Å². The van der Waals surface area contributed by atoms with Crippen LogP contribution < -0.4 is 10.2 Å². The second-order valence-corrected chi connectivity index (χ2v) is 5.64. The maximum atomic E-state index is 12.4. The highest BCUT2D eigenvalue weighted by Gasteiger charge is 2.38. The number of urea groups is 1. The zero-order valence-corrected chi connectivity index (χ0v) is 12.1. The van der Waals surface area contributed by atoms with Gasteiger partial charge in [-0.3, -0.25) is 10.2 Å². The van der Waals surface area contributed by atoms with E-state index in [1.165, 1.54) is 16.2 Å². The Kier molecular flexibility index (Phi) is 3.34. The van der Waals surface area contributed by atoms with Crippen LogP contribution in [-0.2, 0) is 11.2 Å². The van der Waals surface area contributed by atoms with Gasteiger partial charge in [0.05, 0.1) is 5.69 Å². The van der Waals surface area contributed by atoms with Crippen LogP contribution in [-0.4, -0.2) is 28.1 Å². The van der Waals surface area contributed by atoms with Crippen molar-refractivity contribution in [2.75, 3.05) is 10.2 Å². The molecular weight excluding hydrogens is 290 g/mol. The molecule has 0 radical (unpaired) electrons. The minimum absolute atomic E-state index is 0.315. The van der Waals surface area contributed by atoms with Gasteiger partial charge in [-0.05, 0) is 18.6 Å². The fourth-order valence-electron chi connectivity index (χ4n) is 2.40. The number of nitrogens with zero attached hydrogens (tertiary/aromatic N) is 2. The van der Waals surface area contributed by atoms with Crippen molar-refractivity contribution >= 4 is 34.2 Å². The third kappa shape index (κ3) is 2.47. The Morgan fingerprint density at radius 2 is 2.19 bits per heavy atom. The first-order valence-electron chi connectivity index (χ1n) is 6.39. The molecule has 0 bridgehead atoms. The Morgan fingerprint density at radius 1 is 1.43 bits per heavy atom. The van der Waals surface area contributed by atoms with Crippen molar-refractivity contribution in [1.82, 2.24) is 4.98 Å². The van der Waals surface area contributed by atoms with Gasteiger partial charge in [0.25, 0.3) is 0 Å². The number of aromatic nitrogens is 1. The molecule has 3 rings (SSSR count). The zero-order chi connectivity index (χ0) is 15.0. The molecule has 2 N–H and O–H groups in total. The Balaban J connectivity index is 1.90. The van der Waals surface area contributed by atoms with Gasteiger partial charge in [0, 0.05) is 17.5 Å². The van der Waals surface area contributed by atoms with Crippen LogP contribution >= 0.6 is 11.3 Å². The molecule has 0 aliphatic carbocycles. The molecule has 21 heavy (non-hydrogen) atoms. The van der Waals surface area contributed by atoms with E-state index in [-0.39, 0.29) is 0 Å². The first-order valence-corrected chi connectivity index (χ1v) is 7.27. The number of hydrogen-bond acceptors (Lipinski definition) is 4. The molecule has 0 saturated heterocycles. The van der Waals surface area contributed by atoms with Gasteiger partial charge in [0.2, 0.25) is 0 Å². The molecule has 7 heteroatoms. The third-order valence-corrected chi connectivity index (χ3v) is 4.19. The number of benzene rings is 1. The Hall–Kier alpha value is -2.41. The largest absolute Gasteiger partial charge is 0.480 e. The average molecular weight is 303 g/mol. The van der Waals surface area contributed by atoms with E-state index < -0.39 is 18.0 Å². The second-order valence-electron chi connectivity index (χ2n) is 4.78. The van der Waals surface area contributed by atoms with E-state index in [1.54, 1.807) is 12.1 Å². The fraction of sp³-hybridized carbons (Fsp3) is 0.214. The summed E-state index contributed by atoms with van der Waals surface area (Å²) in [6.45, 7) is 1.83. The molecule has 2 aromatic rings. The number of fused-ring (bicyclic) bond motifs is 1. The van der Waals surface area contributed by atoms with Crippen LogP contribution in [0, 0.1) is 6.92 Å². The van der Waals surface area contributed by atoms with Gasteiger partial charge in [0.1, 0.15) is 6.04 Å². The number of rotatable bonds is 2. The van der Waals surface area contributed by atoms with Gasteiger partial charge >= 0.3 is 12.0 Å². The summed E-state index contributed by atoms with van der Waals surface area (Å²) in [5.41, 5.74) is 2.30. The maximum absolute atomic E-state index is 12.4. The predicted molar refractivity (Wildman–Crippen MR) is 79.9 cm³/mol. The highest BCUT2D eigenvalue weighted by atomic mass is 32.1. The molecule has 2 heterocycles. The van der Waals surface area contributed by atoms with Crippen LogP contribution in [0.4, 0.5) is 15.6 Å². The number of carbonyl (C=O) groups is 2. The lowest BCUT2D eigenvalue weighted by Gasteiger charge is -2.22. The van der Waals surface area contributed by atoms with E-state index in [0.717, 1.165) is 11.3 Å². The summed E-state index contributed by atoms with van der Waals surface area (Å²) in [5, 5.41) is 14.3. The Bertz CT molecular complexity index is 713. The van der Waals surface area contributed by atoms with Crippen molar-refractivity contribution in [2.45, 2.75) is 19.4 Å². The number of aliphatic carboxylic acids is 1. The molecule has 1 aromatic heterocycles. The van der Waals surface area contributed by atoms with Crippen LogP contribution in [0.5, 0.6) is 0 Å². The fourth-order valence-corrected chi connectivity index (χ4v) is 3.08. The van der Waals surface area contributed by atoms with Crippen molar-refractivity contribution in [1.29, 1.82) is 0 Å². The molecule has 108 valence electrons. The van der Waals surface area contributed by atoms with Gasteiger partial charge in [-0.2, -0.15) is 0 Å². The summed E-state index contributed by atoms with van der Waals surface area (Å²) < 4.78 is 0. The summed E-state index contributed by atoms with van der Waals surface area (Å²) in [6.07, 6.45) is 0.315. The smallest absolute Gasteiger partial charge is 0.328 e. The average Bonchev–Trinajstić information content (AvgIpc) is 3.02. The van der Waals surface area contributed by atoms with Crippen LogP contribution in [0.3, 0.4) is 0 Å². The van der Waals surface area contributed by atoms with E-state index in [1.807, 2.05) is 24.4 Å². The SMILES string of the molecule is Cc1csc(NC(=O)N2c3ccccc3C[C@H]2C(=O)O)n1. The number of carboxylic acids is 1. The van der Waals surface area contributed by atoms with Crippen LogP contribution in [0.15, 0.2) is 29.6 Å². The molecule has 0 saturated carbocycles. The molecular formula is C14H13N3O3S. The van der Waals surface area contributed by atoms with Crippen LogP contribution in [0.2, 0.25) is 0 Å². The number of nitrogens with one attached hydrogen (secondary N) is 1. The molecule has 0 fully saturated rings. The molecule has 1 aromatic carbocycles. The first kappa shape index (κ1) is 13.6. The van der Waals surface area contributed by atoms with Crippen LogP contribution in [0.25, 0.3) is 0 Å². The topological polar surface area (TPSA) is 82.5 Å². The van der Waals surface area contributed by atoms with Crippen molar-refractivity contribution in [2.24, 2.45) is 0 Å². The molecule has 0 spiro atoms. The van der Waals surface area contributed by atoms with Crippen molar-refractivity contribution < 1.29 is 14.7 Å².